The van der Waals surface area contributed by atoms with Crippen LogP contribution in [0.25, 0.3) is 0 Å². The number of piperazine rings is 2. The van der Waals surface area contributed by atoms with Crippen LogP contribution >= 0.6 is 0 Å². The molecule has 0 bridgehead atoms. The summed E-state index contributed by atoms with van der Waals surface area (Å²) >= 11 is 0. The molecule has 4 aromatic rings. The number of benzene rings is 4. The molecular formula is C48H58N4O10. The maximum absolute atomic E-state index is 11.5. The van der Waals surface area contributed by atoms with Crippen molar-refractivity contribution in [2.24, 2.45) is 0 Å². The van der Waals surface area contributed by atoms with Crippen LogP contribution in [0, 0.1) is 0 Å². The fourth-order valence-corrected chi connectivity index (χ4v) is 7.35. The summed E-state index contributed by atoms with van der Waals surface area (Å²) in [6.07, 6.45) is -0.271. The topological polar surface area (TPSA) is 174 Å². The van der Waals surface area contributed by atoms with Crippen molar-refractivity contribution in [1.82, 2.24) is 19.6 Å². The van der Waals surface area contributed by atoms with E-state index >= 15 is 0 Å². The van der Waals surface area contributed by atoms with Crippen LogP contribution in [0.5, 0.6) is 0 Å². The Morgan fingerprint density at radius 3 is 0.935 bits per heavy atom. The number of carbonyl (C=O) groups excluding carboxylic acids is 4. The lowest BCUT2D eigenvalue weighted by molar-refractivity contribution is -0.159. The minimum absolute atomic E-state index is 0.135. The average Bonchev–Trinajstić information content (AvgIpc) is 3.26. The first-order valence-electron chi connectivity index (χ1n) is 20.8. The van der Waals surface area contributed by atoms with Gasteiger partial charge in [-0.15, -0.1) is 0 Å². The van der Waals surface area contributed by atoms with E-state index in [1.807, 2.05) is 0 Å². The zero-order valence-electron chi connectivity index (χ0n) is 35.6. The Morgan fingerprint density at radius 1 is 0.452 bits per heavy atom. The number of carboxylic acids is 2. The third-order valence-electron chi connectivity index (χ3n) is 10.3. The van der Waals surface area contributed by atoms with Crippen molar-refractivity contribution in [2.45, 2.75) is 38.8 Å². The number of hydrogen-bond donors (Lipinski definition) is 2. The van der Waals surface area contributed by atoms with Gasteiger partial charge in [0.05, 0.1) is 12.1 Å². The first kappa shape index (κ1) is 48.6. The number of carbonyl (C=O) groups is 6. The predicted octanol–water partition coefficient (Wildman–Crippen LogP) is 4.99. The van der Waals surface area contributed by atoms with Gasteiger partial charge in [0.25, 0.3) is 0 Å². The number of nitrogens with zero attached hydrogens (tertiary/aromatic N) is 4. The van der Waals surface area contributed by atoms with Crippen LogP contribution in [0.2, 0.25) is 0 Å². The molecule has 4 aromatic carbocycles. The molecule has 0 radical (unpaired) electrons. The minimum atomic E-state index is -1.82. The summed E-state index contributed by atoms with van der Waals surface area (Å²) < 4.78 is 10.3. The van der Waals surface area contributed by atoms with Gasteiger partial charge in [0.1, 0.15) is 37.6 Å². The summed E-state index contributed by atoms with van der Waals surface area (Å²) in [4.78, 5) is 72.7. The molecule has 2 fully saturated rings. The highest BCUT2D eigenvalue weighted by molar-refractivity contribution is 6.27. The fraction of sp³-hybridized carbons (Fsp3) is 0.375. The molecule has 0 amide bonds. The van der Waals surface area contributed by atoms with Gasteiger partial charge in [0.2, 0.25) is 0 Å². The maximum atomic E-state index is 11.5. The van der Waals surface area contributed by atoms with Crippen molar-refractivity contribution in [2.75, 3.05) is 78.7 Å². The molecule has 330 valence electrons. The Labute approximate surface area is 363 Å². The summed E-state index contributed by atoms with van der Waals surface area (Å²) in [6.45, 7) is 12.4. The summed E-state index contributed by atoms with van der Waals surface area (Å²) in [5.74, 6) is -4.83. The van der Waals surface area contributed by atoms with E-state index in [0.29, 0.717) is 26.3 Å². The largest absolute Gasteiger partial charge is 0.473 e. The van der Waals surface area contributed by atoms with Crippen LogP contribution in [0.1, 0.15) is 61.0 Å². The van der Waals surface area contributed by atoms with Gasteiger partial charge in [-0.25, -0.2) is 9.59 Å². The Kier molecular flexibility index (Phi) is 20.6. The van der Waals surface area contributed by atoms with Gasteiger partial charge in [0.15, 0.2) is 0 Å². The van der Waals surface area contributed by atoms with E-state index in [0.717, 1.165) is 52.4 Å². The summed E-state index contributed by atoms with van der Waals surface area (Å²) in [5, 5.41) is 14.8. The smallest absolute Gasteiger partial charge is 0.414 e. The van der Waals surface area contributed by atoms with E-state index in [1.54, 1.807) is 0 Å². The van der Waals surface area contributed by atoms with Gasteiger partial charge in [-0.2, -0.15) is 0 Å². The van der Waals surface area contributed by atoms with Crippen molar-refractivity contribution in [3.8, 4) is 0 Å². The van der Waals surface area contributed by atoms with Gasteiger partial charge in [-0.05, 0) is 36.1 Å². The zero-order chi connectivity index (χ0) is 44.7. The summed E-state index contributed by atoms with van der Waals surface area (Å²) in [7, 11) is 0. The second-order valence-electron chi connectivity index (χ2n) is 15.0. The molecule has 6 rings (SSSR count). The first-order valence-corrected chi connectivity index (χ1v) is 20.8. The van der Waals surface area contributed by atoms with Crippen LogP contribution in [-0.4, -0.2) is 144 Å². The molecule has 62 heavy (non-hydrogen) atoms. The fourth-order valence-electron chi connectivity index (χ4n) is 7.35. The lowest BCUT2D eigenvalue weighted by Gasteiger charge is -2.39. The summed E-state index contributed by atoms with van der Waals surface area (Å²) in [6, 6.07) is 43.0. The lowest BCUT2D eigenvalue weighted by Crippen LogP contribution is -2.48. The number of carboxylic acid groups (broad SMARTS) is 2. The number of Topliss-reactive ketones (excluding diaryl/α,β-unsaturated/α-hetero) is 2. The molecule has 0 unspecified atom stereocenters. The molecule has 2 N–H and O–H groups in total. The second-order valence-corrected chi connectivity index (χ2v) is 15.0. The Bertz CT molecular complexity index is 1760. The molecule has 0 aromatic heterocycles. The highest BCUT2D eigenvalue weighted by atomic mass is 16.5. The average molecular weight is 851 g/mol. The zero-order valence-corrected chi connectivity index (χ0v) is 35.6. The minimum Gasteiger partial charge on any atom is -0.473 e. The van der Waals surface area contributed by atoms with E-state index in [1.165, 1.54) is 36.1 Å². The van der Waals surface area contributed by atoms with E-state index in [-0.39, 0.29) is 36.5 Å². The van der Waals surface area contributed by atoms with Gasteiger partial charge < -0.3 is 19.7 Å². The summed E-state index contributed by atoms with van der Waals surface area (Å²) in [5.41, 5.74) is 5.22. The number of ether oxygens (including phenoxy) is 2. The molecule has 2 aliphatic rings. The molecular weight excluding hydrogens is 793 g/mol. The number of esters is 2. The van der Waals surface area contributed by atoms with Crippen molar-refractivity contribution in [3.05, 3.63) is 144 Å². The Morgan fingerprint density at radius 2 is 0.710 bits per heavy atom. The third-order valence-corrected chi connectivity index (χ3v) is 10.3. The molecule has 14 heteroatoms. The van der Waals surface area contributed by atoms with E-state index in [2.05, 4.69) is 141 Å². The third kappa shape index (κ3) is 17.1. The molecule has 14 nitrogen and oxygen atoms in total. The monoisotopic (exact) mass is 850 g/mol. The SMILES string of the molecule is CC(=O)CC(=O)OCCN1CCN(C(c2ccccc2)c2ccccc2)CC1.CC(=O)CC(=O)OCCN1CCN(C(c2ccccc2)c2ccccc2)CC1.O=C(O)C(=O)O. The molecule has 0 atom stereocenters. The maximum Gasteiger partial charge on any atom is 0.414 e. The molecule has 2 aliphatic heterocycles. The first-order chi connectivity index (χ1) is 29.9. The highest BCUT2D eigenvalue weighted by Crippen LogP contribution is 2.30. The molecule has 0 spiro atoms. The quantitative estimate of drug-likeness (QED) is 0.0877. The van der Waals surface area contributed by atoms with Crippen molar-refractivity contribution in [3.63, 3.8) is 0 Å². The van der Waals surface area contributed by atoms with Crippen LogP contribution in [0.3, 0.4) is 0 Å². The Hall–Kier alpha value is -6.06. The van der Waals surface area contributed by atoms with Gasteiger partial charge >= 0.3 is 23.9 Å². The van der Waals surface area contributed by atoms with Gasteiger partial charge in [0, 0.05) is 65.4 Å². The van der Waals surface area contributed by atoms with Gasteiger partial charge in [-0.3, -0.25) is 38.8 Å². The van der Waals surface area contributed by atoms with Gasteiger partial charge in [-0.1, -0.05) is 121 Å². The highest BCUT2D eigenvalue weighted by Gasteiger charge is 2.28. The molecule has 2 saturated heterocycles. The normalized spacial score (nSPS) is 14.7. The second kappa shape index (κ2) is 26.3. The molecule has 2 heterocycles. The van der Waals surface area contributed by atoms with E-state index < -0.39 is 23.9 Å². The number of aliphatic carboxylic acids is 2. The molecule has 0 saturated carbocycles. The Balaban J connectivity index is 0.000000241. The standard InChI is InChI=1S/2C23H28N2O3.C2H2O4/c2*1-19(26)18-22(27)28-17-16-24-12-14-25(15-13-24)23(20-8-4-2-5-9-20)21-10-6-3-7-11-21;3-1(4)2(5)6/h2*2-11,23H,12-18H2,1H3;(H,3,4)(H,5,6). The van der Waals surface area contributed by atoms with Crippen LogP contribution in [0.4, 0.5) is 0 Å². The van der Waals surface area contributed by atoms with Crippen molar-refractivity contribution < 1.29 is 48.5 Å². The number of ketones is 2. The van der Waals surface area contributed by atoms with Crippen LogP contribution < -0.4 is 0 Å². The molecule has 0 aliphatic carbocycles. The van der Waals surface area contributed by atoms with E-state index in [4.69, 9.17) is 29.3 Å². The van der Waals surface area contributed by atoms with Crippen LogP contribution in [0.15, 0.2) is 121 Å². The van der Waals surface area contributed by atoms with Crippen LogP contribution in [-0.2, 0) is 38.2 Å². The number of rotatable bonds is 16. The number of hydrogen-bond acceptors (Lipinski definition) is 12. The van der Waals surface area contributed by atoms with Crippen molar-refractivity contribution >= 4 is 35.4 Å². The predicted molar refractivity (Wildman–Crippen MR) is 233 cm³/mol. The lowest BCUT2D eigenvalue weighted by atomic mass is 9.96. The van der Waals surface area contributed by atoms with Crippen molar-refractivity contribution in [1.29, 1.82) is 0 Å². The van der Waals surface area contributed by atoms with E-state index in [9.17, 15) is 19.2 Å².